The summed E-state index contributed by atoms with van der Waals surface area (Å²) in [5, 5.41) is 0. The highest BCUT2D eigenvalue weighted by atomic mass is 16.5. The molecule has 0 rings (SSSR count). The van der Waals surface area contributed by atoms with Gasteiger partial charge in [0.15, 0.2) is 0 Å². The number of carbonyl (C=O) groups is 1. The van der Waals surface area contributed by atoms with Crippen LogP contribution in [0.15, 0.2) is 0 Å². The molecule has 0 aliphatic carbocycles. The molecule has 3 heteroatoms. The maximum atomic E-state index is 11.0. The molecule has 0 atom stereocenters. The molecule has 0 aliphatic heterocycles. The van der Waals surface area contributed by atoms with E-state index in [1.165, 1.54) is 0 Å². The number of rotatable bonds is 6. The van der Waals surface area contributed by atoms with Gasteiger partial charge in [0.1, 0.15) is 14.1 Å². The fourth-order valence-corrected chi connectivity index (χ4v) is 0.842. The van der Waals surface area contributed by atoms with Crippen molar-refractivity contribution in [2.75, 3.05) is 27.2 Å². The average molecular weight is 173 g/mol. The van der Waals surface area contributed by atoms with E-state index >= 15 is 0 Å². The minimum absolute atomic E-state index is 0.129. The molecule has 0 aromatic carbocycles. The van der Waals surface area contributed by atoms with Gasteiger partial charge in [0, 0.05) is 0 Å². The summed E-state index contributed by atoms with van der Waals surface area (Å²) < 4.78 is 4.97. The summed E-state index contributed by atoms with van der Waals surface area (Å²) >= 11 is 0. The van der Waals surface area contributed by atoms with Crippen molar-refractivity contribution in [1.29, 1.82) is 0 Å². The van der Waals surface area contributed by atoms with E-state index < -0.39 is 0 Å². The number of carbonyl (C=O) groups excluding carboxylic acids is 1. The van der Waals surface area contributed by atoms with Crippen LogP contribution in [0.25, 0.3) is 0 Å². The number of likely N-dealkylation sites (N-methyl/N-ethyl adjacent to an activating group) is 1. The second kappa shape index (κ2) is 7.10. The van der Waals surface area contributed by atoms with Crippen LogP contribution in [-0.4, -0.2) is 33.2 Å². The van der Waals surface area contributed by atoms with Crippen molar-refractivity contribution >= 4 is 5.97 Å². The summed E-state index contributed by atoms with van der Waals surface area (Å²) in [6.07, 6.45) is 3.27. The summed E-state index contributed by atoms with van der Waals surface area (Å²) in [5.41, 5.74) is 0. The summed E-state index contributed by atoms with van der Waals surface area (Å²) in [7, 11) is 3.71. The average Bonchev–Trinajstić information content (AvgIpc) is 1.97. The lowest BCUT2D eigenvalue weighted by molar-refractivity contribution is -0.143. The van der Waals surface area contributed by atoms with Gasteiger partial charge in [-0.1, -0.05) is 19.8 Å². The number of ether oxygens (including phenoxy) is 1. The van der Waals surface area contributed by atoms with Crippen LogP contribution in [0.3, 0.4) is 0 Å². The Labute approximate surface area is 74.7 Å². The Hall–Kier alpha value is -0.570. The summed E-state index contributed by atoms with van der Waals surface area (Å²) in [5.74, 6) is -0.129. The third-order valence-electron chi connectivity index (χ3n) is 1.46. The fraction of sp³-hybridized carbons (Fsp3) is 0.889. The first kappa shape index (κ1) is 11.4. The van der Waals surface area contributed by atoms with E-state index in [1.807, 2.05) is 19.0 Å². The Morgan fingerprint density at radius 3 is 2.50 bits per heavy atom. The van der Waals surface area contributed by atoms with E-state index in [0.29, 0.717) is 13.2 Å². The van der Waals surface area contributed by atoms with Gasteiger partial charge in [-0.15, -0.1) is 0 Å². The van der Waals surface area contributed by atoms with Crippen LogP contribution in [0.4, 0.5) is 0 Å². The molecule has 3 nitrogen and oxygen atoms in total. The smallest absolute Gasteiger partial charge is 0.366 e. The van der Waals surface area contributed by atoms with Gasteiger partial charge in [-0.05, 0) is 6.42 Å². The molecule has 0 unspecified atom stereocenters. The van der Waals surface area contributed by atoms with Crippen molar-refractivity contribution in [2.45, 2.75) is 26.2 Å². The molecule has 0 aromatic heterocycles. The maximum absolute atomic E-state index is 11.0. The summed E-state index contributed by atoms with van der Waals surface area (Å²) in [4.78, 5) is 12.8. The molecule has 0 saturated heterocycles. The third-order valence-corrected chi connectivity index (χ3v) is 1.46. The number of unbranched alkanes of at least 4 members (excludes halogenated alkanes) is 2. The highest BCUT2D eigenvalue weighted by molar-refractivity contribution is 5.71. The van der Waals surface area contributed by atoms with Crippen LogP contribution in [0.2, 0.25) is 0 Å². The minimum atomic E-state index is -0.129. The standard InChI is InChI=1S/C9H19NO2/c1-4-5-6-7-12-9(11)8-10(2)3/h4-8H2,1-3H3/q+1. The largest absolute Gasteiger partial charge is 0.461 e. The fourth-order valence-electron chi connectivity index (χ4n) is 0.842. The van der Waals surface area contributed by atoms with Crippen molar-refractivity contribution < 1.29 is 9.53 Å². The Morgan fingerprint density at radius 2 is 2.00 bits per heavy atom. The maximum Gasteiger partial charge on any atom is 0.366 e. The van der Waals surface area contributed by atoms with Crippen LogP contribution in [-0.2, 0) is 9.53 Å². The van der Waals surface area contributed by atoms with Gasteiger partial charge in [0.25, 0.3) is 0 Å². The van der Waals surface area contributed by atoms with Gasteiger partial charge in [-0.25, -0.2) is 4.79 Å². The van der Waals surface area contributed by atoms with Crippen LogP contribution < -0.4 is 4.90 Å². The molecule has 0 amide bonds. The predicted molar refractivity (Wildman–Crippen MR) is 49.3 cm³/mol. The molecule has 0 fully saturated rings. The van der Waals surface area contributed by atoms with E-state index in [0.717, 1.165) is 19.3 Å². The van der Waals surface area contributed by atoms with Crippen LogP contribution >= 0.6 is 0 Å². The molecule has 0 saturated carbocycles. The van der Waals surface area contributed by atoms with E-state index in [9.17, 15) is 4.79 Å². The third kappa shape index (κ3) is 7.54. The number of esters is 1. The first-order valence-electron chi connectivity index (χ1n) is 4.47. The molecule has 0 bridgehead atoms. The van der Waals surface area contributed by atoms with Gasteiger partial charge in [-0.3, -0.25) is 0 Å². The SMILES string of the molecule is CCCCCOC(=O)C[N+](C)C. The van der Waals surface area contributed by atoms with Crippen LogP contribution in [0.5, 0.6) is 0 Å². The second-order valence-electron chi connectivity index (χ2n) is 3.17. The highest BCUT2D eigenvalue weighted by Crippen LogP contribution is 1.94. The zero-order valence-electron chi connectivity index (χ0n) is 8.30. The normalized spacial score (nSPS) is 10.3. The second-order valence-corrected chi connectivity index (χ2v) is 3.17. The molecule has 0 aromatic rings. The molecule has 12 heavy (non-hydrogen) atoms. The molecule has 0 spiro atoms. The molecular weight excluding hydrogens is 154 g/mol. The Balaban J connectivity index is 3.20. The van der Waals surface area contributed by atoms with Gasteiger partial charge >= 0.3 is 5.97 Å². The van der Waals surface area contributed by atoms with Crippen molar-refractivity contribution in [2.24, 2.45) is 0 Å². The lowest BCUT2D eigenvalue weighted by Gasteiger charge is -2.02. The van der Waals surface area contributed by atoms with Crippen molar-refractivity contribution in [3.63, 3.8) is 0 Å². The van der Waals surface area contributed by atoms with Crippen molar-refractivity contribution in [3.8, 4) is 0 Å². The van der Waals surface area contributed by atoms with E-state index in [-0.39, 0.29) is 5.97 Å². The van der Waals surface area contributed by atoms with Crippen LogP contribution in [0.1, 0.15) is 26.2 Å². The van der Waals surface area contributed by atoms with Gasteiger partial charge in [0.2, 0.25) is 6.54 Å². The highest BCUT2D eigenvalue weighted by Gasteiger charge is 2.09. The lowest BCUT2D eigenvalue weighted by Crippen LogP contribution is -2.28. The Morgan fingerprint density at radius 1 is 1.33 bits per heavy atom. The zero-order chi connectivity index (χ0) is 9.40. The Kier molecular flexibility index (Phi) is 6.76. The monoisotopic (exact) mass is 173 g/mol. The minimum Gasteiger partial charge on any atom is -0.461 e. The number of nitrogens with zero attached hydrogens (tertiary/aromatic N) is 1. The molecular formula is C9H19NO2+. The Bertz CT molecular complexity index is 124. The van der Waals surface area contributed by atoms with Crippen molar-refractivity contribution in [1.82, 2.24) is 4.90 Å². The molecule has 0 aliphatic rings. The summed E-state index contributed by atoms with van der Waals surface area (Å²) in [6, 6.07) is 0. The first-order valence-corrected chi connectivity index (χ1v) is 4.47. The van der Waals surface area contributed by atoms with Gasteiger partial charge < -0.3 is 4.74 Å². The zero-order valence-corrected chi connectivity index (χ0v) is 8.30. The molecule has 71 valence electrons. The van der Waals surface area contributed by atoms with Gasteiger partial charge in [-0.2, -0.15) is 4.90 Å². The van der Waals surface area contributed by atoms with E-state index in [2.05, 4.69) is 6.92 Å². The molecule has 1 radical (unpaired) electrons. The quantitative estimate of drug-likeness (QED) is 0.342. The first-order chi connectivity index (χ1) is 5.66. The number of hydrogen-bond acceptors (Lipinski definition) is 3. The van der Waals surface area contributed by atoms with E-state index in [1.54, 1.807) is 0 Å². The summed E-state index contributed by atoms with van der Waals surface area (Å²) in [6.45, 7) is 3.08. The van der Waals surface area contributed by atoms with Gasteiger partial charge in [0.05, 0.1) is 6.61 Å². The predicted octanol–water partition coefficient (Wildman–Crippen LogP) is 1.12. The lowest BCUT2D eigenvalue weighted by atomic mass is 10.3. The topological polar surface area (TPSA) is 32.2 Å². The van der Waals surface area contributed by atoms with Crippen molar-refractivity contribution in [3.05, 3.63) is 0 Å². The van der Waals surface area contributed by atoms with E-state index in [4.69, 9.17) is 4.74 Å². The molecule has 0 heterocycles. The van der Waals surface area contributed by atoms with Crippen LogP contribution in [0, 0.1) is 0 Å². The number of hydrogen-bond donors (Lipinski definition) is 0. The molecule has 0 N–H and O–H groups in total.